The van der Waals surface area contributed by atoms with Gasteiger partial charge in [-0.3, -0.25) is 0 Å². The molecule has 116 valence electrons. The second kappa shape index (κ2) is 7.55. The maximum absolute atomic E-state index is 3.59. The van der Waals surface area contributed by atoms with Crippen LogP contribution >= 0.6 is 7.92 Å². The molecule has 0 aliphatic carbocycles. The van der Waals surface area contributed by atoms with Crippen molar-refractivity contribution in [2.75, 3.05) is 7.05 Å². The predicted molar refractivity (Wildman–Crippen MR) is 102 cm³/mol. The number of hydrogen-bond donors (Lipinski definition) is 1. The van der Waals surface area contributed by atoms with Crippen LogP contribution in [0.5, 0.6) is 0 Å². The Hall–Kier alpha value is -1.95. The molecule has 0 saturated carbocycles. The summed E-state index contributed by atoms with van der Waals surface area (Å²) in [6.07, 6.45) is 0. The van der Waals surface area contributed by atoms with E-state index >= 15 is 0 Å². The molecule has 3 aromatic rings. The van der Waals surface area contributed by atoms with Crippen LogP contribution in [0.4, 0.5) is 0 Å². The standard InChI is InChI=1S/C21H22NP/c1-17-11-9-10-16-20(17)21(22-2)23(18-12-5-3-6-13-18)19-14-7-4-8-15-19/h3-16,21-22H,1-2H3/t21-/m1/s1. The van der Waals surface area contributed by atoms with Crippen LogP contribution in [0.25, 0.3) is 0 Å². The zero-order chi connectivity index (χ0) is 16.1. The molecule has 0 heterocycles. The van der Waals surface area contributed by atoms with Gasteiger partial charge < -0.3 is 5.32 Å². The second-order valence-electron chi connectivity index (χ2n) is 5.59. The molecule has 2 heteroatoms. The lowest BCUT2D eigenvalue weighted by Gasteiger charge is -2.29. The van der Waals surface area contributed by atoms with E-state index in [4.69, 9.17) is 0 Å². The molecular weight excluding hydrogens is 297 g/mol. The van der Waals surface area contributed by atoms with Gasteiger partial charge in [0.2, 0.25) is 0 Å². The minimum Gasteiger partial charge on any atom is -0.309 e. The van der Waals surface area contributed by atoms with E-state index in [-0.39, 0.29) is 0 Å². The quantitative estimate of drug-likeness (QED) is 0.690. The smallest absolute Gasteiger partial charge is 0.0605 e. The predicted octanol–water partition coefficient (Wildman–Crippen LogP) is 4.35. The molecule has 0 radical (unpaired) electrons. The molecule has 0 aliphatic heterocycles. The molecule has 1 N–H and O–H groups in total. The zero-order valence-electron chi connectivity index (χ0n) is 13.6. The summed E-state index contributed by atoms with van der Waals surface area (Å²) in [6.45, 7) is 2.20. The van der Waals surface area contributed by atoms with Gasteiger partial charge in [0.15, 0.2) is 0 Å². The monoisotopic (exact) mass is 319 g/mol. The van der Waals surface area contributed by atoms with Gasteiger partial charge in [-0.15, -0.1) is 0 Å². The molecule has 0 bridgehead atoms. The zero-order valence-corrected chi connectivity index (χ0v) is 14.5. The van der Waals surface area contributed by atoms with Crippen LogP contribution in [0.2, 0.25) is 0 Å². The van der Waals surface area contributed by atoms with Gasteiger partial charge in [-0.1, -0.05) is 84.9 Å². The van der Waals surface area contributed by atoms with Crippen molar-refractivity contribution in [1.82, 2.24) is 5.32 Å². The van der Waals surface area contributed by atoms with Gasteiger partial charge in [-0.05, 0) is 43.6 Å². The third-order valence-corrected chi connectivity index (χ3v) is 6.85. The molecule has 0 fully saturated rings. The normalized spacial score (nSPS) is 12.3. The molecule has 0 aliphatic rings. The Balaban J connectivity index is 2.12. The SMILES string of the molecule is CN[C@@H](c1ccccc1C)P(c1ccccc1)c1ccccc1. The van der Waals surface area contributed by atoms with Crippen molar-refractivity contribution in [2.24, 2.45) is 0 Å². The molecule has 0 amide bonds. The highest BCUT2D eigenvalue weighted by atomic mass is 31.1. The lowest BCUT2D eigenvalue weighted by Crippen LogP contribution is -2.25. The highest BCUT2D eigenvalue weighted by molar-refractivity contribution is 7.73. The number of hydrogen-bond acceptors (Lipinski definition) is 1. The van der Waals surface area contributed by atoms with Gasteiger partial charge in [0.1, 0.15) is 0 Å². The lowest BCUT2D eigenvalue weighted by atomic mass is 10.1. The molecule has 0 spiro atoms. The fourth-order valence-corrected chi connectivity index (χ4v) is 5.65. The highest BCUT2D eigenvalue weighted by Crippen LogP contribution is 2.48. The van der Waals surface area contributed by atoms with Crippen LogP contribution in [-0.2, 0) is 0 Å². The Bertz CT molecular complexity index is 701. The molecule has 1 nitrogen and oxygen atoms in total. The Kier molecular flexibility index (Phi) is 5.23. The summed E-state index contributed by atoms with van der Waals surface area (Å²) in [6, 6.07) is 30.4. The van der Waals surface area contributed by atoms with E-state index < -0.39 is 7.92 Å². The van der Waals surface area contributed by atoms with Gasteiger partial charge in [-0.2, -0.15) is 0 Å². The number of aryl methyl sites for hydroxylation is 1. The molecule has 3 rings (SSSR count). The Morgan fingerprint density at radius 3 is 1.65 bits per heavy atom. The topological polar surface area (TPSA) is 12.0 Å². The van der Waals surface area contributed by atoms with Crippen molar-refractivity contribution in [3.8, 4) is 0 Å². The summed E-state index contributed by atoms with van der Waals surface area (Å²) in [4.78, 5) is 0. The van der Waals surface area contributed by atoms with Gasteiger partial charge in [-0.25, -0.2) is 0 Å². The van der Waals surface area contributed by atoms with E-state index in [9.17, 15) is 0 Å². The van der Waals surface area contributed by atoms with Crippen LogP contribution in [0.15, 0.2) is 84.9 Å². The van der Waals surface area contributed by atoms with Gasteiger partial charge in [0, 0.05) is 0 Å². The summed E-state index contributed by atoms with van der Waals surface area (Å²) in [5, 5.41) is 6.38. The van der Waals surface area contributed by atoms with E-state index in [0.29, 0.717) is 5.78 Å². The van der Waals surface area contributed by atoms with Crippen LogP contribution in [0.1, 0.15) is 16.9 Å². The number of nitrogens with one attached hydrogen (secondary N) is 1. The Morgan fingerprint density at radius 2 is 1.17 bits per heavy atom. The molecule has 0 unspecified atom stereocenters. The maximum atomic E-state index is 3.59. The molecule has 23 heavy (non-hydrogen) atoms. The summed E-state index contributed by atoms with van der Waals surface area (Å²) < 4.78 is 0. The largest absolute Gasteiger partial charge is 0.309 e. The number of benzene rings is 3. The van der Waals surface area contributed by atoms with Gasteiger partial charge in [0.05, 0.1) is 5.78 Å². The lowest BCUT2D eigenvalue weighted by molar-refractivity contribution is 0.782. The Morgan fingerprint density at radius 1 is 0.696 bits per heavy atom. The average molecular weight is 319 g/mol. The summed E-state index contributed by atoms with van der Waals surface area (Å²) in [7, 11) is 1.55. The third-order valence-electron chi connectivity index (χ3n) is 4.08. The second-order valence-corrected chi connectivity index (χ2v) is 7.88. The first-order valence-electron chi connectivity index (χ1n) is 7.93. The van der Waals surface area contributed by atoms with E-state index in [2.05, 4.69) is 104 Å². The molecule has 1 atom stereocenters. The average Bonchev–Trinajstić information content (AvgIpc) is 2.62. The van der Waals surface area contributed by atoms with Crippen LogP contribution in [0, 0.1) is 6.92 Å². The minimum absolute atomic E-state index is 0.302. The Labute approximate surface area is 140 Å². The molecular formula is C21H22NP. The van der Waals surface area contributed by atoms with E-state index in [1.165, 1.54) is 21.7 Å². The van der Waals surface area contributed by atoms with Crippen molar-refractivity contribution in [3.05, 3.63) is 96.1 Å². The van der Waals surface area contributed by atoms with E-state index in [0.717, 1.165) is 0 Å². The van der Waals surface area contributed by atoms with Crippen LogP contribution < -0.4 is 15.9 Å². The van der Waals surface area contributed by atoms with E-state index in [1.54, 1.807) is 0 Å². The fourth-order valence-electron chi connectivity index (χ4n) is 2.94. The van der Waals surface area contributed by atoms with Crippen molar-refractivity contribution in [3.63, 3.8) is 0 Å². The van der Waals surface area contributed by atoms with Gasteiger partial charge >= 0.3 is 0 Å². The summed E-state index contributed by atoms with van der Waals surface area (Å²) in [5.74, 6) is 0.302. The third kappa shape index (κ3) is 3.52. The maximum Gasteiger partial charge on any atom is 0.0605 e. The molecule has 0 saturated heterocycles. The van der Waals surface area contributed by atoms with Crippen molar-refractivity contribution in [1.29, 1.82) is 0 Å². The van der Waals surface area contributed by atoms with E-state index in [1.807, 2.05) is 0 Å². The molecule has 3 aromatic carbocycles. The first-order valence-corrected chi connectivity index (χ1v) is 9.34. The van der Waals surface area contributed by atoms with Gasteiger partial charge in [0.25, 0.3) is 0 Å². The summed E-state index contributed by atoms with van der Waals surface area (Å²) in [5.41, 5.74) is 2.72. The first kappa shape index (κ1) is 15.9. The minimum atomic E-state index is -0.518. The fraction of sp³-hybridized carbons (Fsp3) is 0.143. The van der Waals surface area contributed by atoms with Crippen molar-refractivity contribution >= 4 is 18.5 Å². The van der Waals surface area contributed by atoms with Crippen LogP contribution in [-0.4, -0.2) is 7.05 Å². The number of rotatable bonds is 5. The highest BCUT2D eigenvalue weighted by Gasteiger charge is 2.25. The molecule has 0 aromatic heterocycles. The van der Waals surface area contributed by atoms with Crippen LogP contribution in [0.3, 0.4) is 0 Å². The van der Waals surface area contributed by atoms with Crippen molar-refractivity contribution in [2.45, 2.75) is 12.7 Å². The summed E-state index contributed by atoms with van der Waals surface area (Å²) >= 11 is 0. The van der Waals surface area contributed by atoms with Crippen molar-refractivity contribution < 1.29 is 0 Å². The first-order chi connectivity index (χ1) is 11.3.